The highest BCUT2D eigenvalue weighted by Gasteiger charge is 2.49. The number of hydrogen-bond acceptors (Lipinski definition) is 3. The Kier molecular flexibility index (Phi) is 6.15. The van der Waals surface area contributed by atoms with Crippen LogP contribution in [-0.2, 0) is 17.9 Å². The second kappa shape index (κ2) is 9.49. The number of fused-ring (bicyclic) bond motifs is 3. The standard InChI is InChI=1S/C29H31FN4O2S/c1-29(28(36)31-21-9-4-2-3-5-10-21)19-33-24-13-12-20(30)17-23(24)25(32-14-6-7-15-32)26(33)27(35)34(29)18-22-11-8-16-37-22/h6-8,11-17,21H,2-5,9-10,18-19H2,1H3,(H,31,36). The highest BCUT2D eigenvalue weighted by atomic mass is 32.1. The Morgan fingerprint density at radius 2 is 1.86 bits per heavy atom. The maximum atomic E-state index is 14.4. The third kappa shape index (κ3) is 4.17. The molecule has 6 rings (SSSR count). The second-order valence-electron chi connectivity index (χ2n) is 10.4. The minimum Gasteiger partial charge on any atom is -0.351 e. The van der Waals surface area contributed by atoms with Crippen molar-refractivity contribution in [2.45, 2.75) is 70.1 Å². The van der Waals surface area contributed by atoms with Crippen LogP contribution >= 0.6 is 11.3 Å². The smallest absolute Gasteiger partial charge is 0.273 e. The Morgan fingerprint density at radius 1 is 1.11 bits per heavy atom. The zero-order chi connectivity index (χ0) is 25.6. The van der Waals surface area contributed by atoms with Gasteiger partial charge in [0.05, 0.1) is 24.3 Å². The van der Waals surface area contributed by atoms with E-state index in [1.54, 1.807) is 22.3 Å². The molecule has 0 radical (unpaired) electrons. The third-order valence-electron chi connectivity index (χ3n) is 7.94. The highest BCUT2D eigenvalue weighted by Crippen LogP contribution is 2.39. The molecule has 1 aromatic carbocycles. The summed E-state index contributed by atoms with van der Waals surface area (Å²) < 4.78 is 18.2. The lowest BCUT2D eigenvalue weighted by molar-refractivity contribution is -0.134. The molecule has 192 valence electrons. The van der Waals surface area contributed by atoms with Crippen molar-refractivity contribution in [1.82, 2.24) is 19.4 Å². The quantitative estimate of drug-likeness (QED) is 0.335. The summed E-state index contributed by atoms with van der Waals surface area (Å²) in [5, 5.41) is 5.95. The first-order valence-electron chi connectivity index (χ1n) is 13.1. The summed E-state index contributed by atoms with van der Waals surface area (Å²) in [5.74, 6) is -0.708. The normalized spacial score (nSPS) is 20.7. The zero-order valence-corrected chi connectivity index (χ0v) is 21.8. The van der Waals surface area contributed by atoms with Gasteiger partial charge < -0.3 is 19.4 Å². The molecule has 2 amide bonds. The van der Waals surface area contributed by atoms with Gasteiger partial charge in [0.15, 0.2) is 0 Å². The lowest BCUT2D eigenvalue weighted by atomic mass is 9.93. The first-order valence-corrected chi connectivity index (χ1v) is 13.9. The van der Waals surface area contributed by atoms with Crippen molar-refractivity contribution in [2.75, 3.05) is 0 Å². The minimum absolute atomic E-state index is 0.123. The molecule has 1 N–H and O–H groups in total. The number of halogens is 1. The van der Waals surface area contributed by atoms with Gasteiger partial charge >= 0.3 is 0 Å². The van der Waals surface area contributed by atoms with Crippen molar-refractivity contribution in [3.63, 3.8) is 0 Å². The molecule has 2 aliphatic rings. The van der Waals surface area contributed by atoms with Crippen LogP contribution in [0.3, 0.4) is 0 Å². The Labute approximate surface area is 219 Å². The molecule has 0 saturated heterocycles. The summed E-state index contributed by atoms with van der Waals surface area (Å²) in [5.41, 5.74) is 0.770. The summed E-state index contributed by atoms with van der Waals surface area (Å²) in [6, 6.07) is 12.5. The number of aromatic nitrogens is 2. The maximum Gasteiger partial charge on any atom is 0.273 e. The molecule has 3 aromatic heterocycles. The van der Waals surface area contributed by atoms with Crippen LogP contribution in [0.2, 0.25) is 0 Å². The summed E-state index contributed by atoms with van der Waals surface area (Å²) in [6.45, 7) is 2.51. The minimum atomic E-state index is -1.10. The zero-order valence-electron chi connectivity index (χ0n) is 21.0. The van der Waals surface area contributed by atoms with E-state index in [-0.39, 0.29) is 23.7 Å². The average molecular weight is 519 g/mol. The first-order chi connectivity index (χ1) is 18.0. The van der Waals surface area contributed by atoms with E-state index >= 15 is 0 Å². The van der Waals surface area contributed by atoms with Crippen LogP contribution in [0.4, 0.5) is 4.39 Å². The number of rotatable bonds is 5. The molecule has 6 nitrogen and oxygen atoms in total. The van der Waals surface area contributed by atoms with Crippen molar-refractivity contribution < 1.29 is 14.0 Å². The molecule has 4 heterocycles. The lowest BCUT2D eigenvalue weighted by Gasteiger charge is -2.44. The van der Waals surface area contributed by atoms with Crippen LogP contribution in [0.5, 0.6) is 0 Å². The Morgan fingerprint density at radius 3 is 2.57 bits per heavy atom. The van der Waals surface area contributed by atoms with Gasteiger partial charge in [-0.15, -0.1) is 11.3 Å². The van der Waals surface area contributed by atoms with Crippen LogP contribution in [0.1, 0.15) is 60.8 Å². The monoisotopic (exact) mass is 518 g/mol. The van der Waals surface area contributed by atoms with E-state index in [0.717, 1.165) is 36.1 Å². The Hall–Kier alpha value is -3.39. The van der Waals surface area contributed by atoms with E-state index in [1.165, 1.54) is 25.0 Å². The van der Waals surface area contributed by atoms with Crippen LogP contribution in [0, 0.1) is 5.82 Å². The van der Waals surface area contributed by atoms with Crippen LogP contribution < -0.4 is 5.32 Å². The number of amides is 2. The summed E-state index contributed by atoms with van der Waals surface area (Å²) >= 11 is 1.57. The molecule has 0 spiro atoms. The number of benzene rings is 1. The van der Waals surface area contributed by atoms with Gasteiger partial charge in [0, 0.05) is 28.7 Å². The van der Waals surface area contributed by atoms with E-state index in [9.17, 15) is 14.0 Å². The first kappa shape index (κ1) is 24.0. The fourth-order valence-electron chi connectivity index (χ4n) is 5.94. The Bertz CT molecular complexity index is 1430. The fourth-order valence-corrected chi connectivity index (χ4v) is 6.64. The number of nitrogens with one attached hydrogen (secondary N) is 1. The summed E-state index contributed by atoms with van der Waals surface area (Å²) in [6.07, 6.45) is 10.3. The predicted octanol–water partition coefficient (Wildman–Crippen LogP) is 5.89. The van der Waals surface area contributed by atoms with Crippen LogP contribution in [0.15, 0.2) is 60.2 Å². The molecule has 0 bridgehead atoms. The third-order valence-corrected chi connectivity index (χ3v) is 8.81. The van der Waals surface area contributed by atoms with Gasteiger partial charge in [-0.2, -0.15) is 0 Å². The molecule has 1 aliphatic heterocycles. The molecule has 1 atom stereocenters. The van der Waals surface area contributed by atoms with Gasteiger partial charge in [-0.1, -0.05) is 31.7 Å². The van der Waals surface area contributed by atoms with Crippen molar-refractivity contribution in [3.05, 3.63) is 76.6 Å². The van der Waals surface area contributed by atoms with Gasteiger partial charge in [0.25, 0.3) is 5.91 Å². The van der Waals surface area contributed by atoms with Gasteiger partial charge in [-0.05, 0) is 61.5 Å². The molecule has 1 fully saturated rings. The van der Waals surface area contributed by atoms with Crippen molar-refractivity contribution in [1.29, 1.82) is 0 Å². The van der Waals surface area contributed by atoms with E-state index < -0.39 is 5.54 Å². The average Bonchev–Trinajstić information content (AvgIpc) is 3.61. The highest BCUT2D eigenvalue weighted by molar-refractivity contribution is 7.09. The molecule has 8 heteroatoms. The van der Waals surface area contributed by atoms with E-state index in [0.29, 0.717) is 29.9 Å². The van der Waals surface area contributed by atoms with Crippen molar-refractivity contribution in [2.24, 2.45) is 0 Å². The number of carbonyl (C=O) groups excluding carboxylic acids is 2. The topological polar surface area (TPSA) is 59.3 Å². The second-order valence-corrected chi connectivity index (χ2v) is 11.5. The molecular weight excluding hydrogens is 487 g/mol. The predicted molar refractivity (Wildman–Crippen MR) is 143 cm³/mol. The SMILES string of the molecule is CC1(C(=O)NC2CCCCCC2)Cn2c(c(-n3cccc3)c3cc(F)ccc32)C(=O)N1Cc1cccs1. The summed E-state index contributed by atoms with van der Waals surface area (Å²) in [4.78, 5) is 31.2. The largest absolute Gasteiger partial charge is 0.351 e. The van der Waals surface area contributed by atoms with E-state index in [1.807, 2.05) is 58.1 Å². The fraction of sp³-hybridized carbons (Fsp3) is 0.379. The van der Waals surface area contributed by atoms with Crippen LogP contribution in [0.25, 0.3) is 16.6 Å². The molecule has 37 heavy (non-hydrogen) atoms. The van der Waals surface area contributed by atoms with Crippen LogP contribution in [-0.4, -0.2) is 37.4 Å². The molecule has 1 saturated carbocycles. The van der Waals surface area contributed by atoms with Gasteiger partial charge in [0.1, 0.15) is 17.1 Å². The summed E-state index contributed by atoms with van der Waals surface area (Å²) in [7, 11) is 0. The number of carbonyl (C=O) groups is 2. The Balaban J connectivity index is 1.49. The molecular formula is C29H31FN4O2S. The lowest BCUT2D eigenvalue weighted by Crippen LogP contribution is -2.64. The molecule has 4 aromatic rings. The number of nitrogens with zero attached hydrogens (tertiary/aromatic N) is 3. The van der Waals surface area contributed by atoms with Gasteiger partial charge in [-0.3, -0.25) is 9.59 Å². The van der Waals surface area contributed by atoms with Gasteiger partial charge in [-0.25, -0.2) is 4.39 Å². The van der Waals surface area contributed by atoms with Crippen molar-refractivity contribution >= 4 is 34.1 Å². The molecule has 1 unspecified atom stereocenters. The molecule has 1 aliphatic carbocycles. The number of hydrogen-bond donors (Lipinski definition) is 1. The van der Waals surface area contributed by atoms with E-state index in [4.69, 9.17) is 0 Å². The van der Waals surface area contributed by atoms with E-state index in [2.05, 4.69) is 5.32 Å². The number of thiophene rings is 1. The van der Waals surface area contributed by atoms with Crippen molar-refractivity contribution in [3.8, 4) is 5.69 Å². The maximum absolute atomic E-state index is 14.4. The van der Waals surface area contributed by atoms with Gasteiger partial charge in [0.2, 0.25) is 5.91 Å².